The number of quaternary nitrogens is 1. The van der Waals surface area contributed by atoms with Gasteiger partial charge in [-0.05, 0) is 103 Å². The van der Waals surface area contributed by atoms with E-state index >= 15 is 0 Å². The Morgan fingerprint density at radius 2 is 0.873 bits per heavy atom. The second-order valence-electron chi connectivity index (χ2n) is 16.7. The highest BCUT2D eigenvalue weighted by molar-refractivity contribution is 7.45. The van der Waals surface area contributed by atoms with Gasteiger partial charge in [-0.3, -0.25) is 9.36 Å². The van der Waals surface area contributed by atoms with Crippen molar-refractivity contribution in [2.45, 2.75) is 161 Å². The van der Waals surface area contributed by atoms with Crippen molar-refractivity contribution in [3.63, 3.8) is 0 Å². The molecule has 9 heteroatoms. The van der Waals surface area contributed by atoms with Crippen molar-refractivity contribution < 1.29 is 37.3 Å². The van der Waals surface area contributed by atoms with E-state index in [2.05, 4.69) is 135 Å². The molecule has 0 N–H and O–H groups in total. The summed E-state index contributed by atoms with van der Waals surface area (Å²) in [5.41, 5.74) is 0. The normalized spacial score (nSPS) is 14.7. The summed E-state index contributed by atoms with van der Waals surface area (Å²) in [5.74, 6) is -0.384. The third-order valence-electron chi connectivity index (χ3n) is 9.51. The molecule has 0 bridgehead atoms. The van der Waals surface area contributed by atoms with Gasteiger partial charge in [-0.1, -0.05) is 167 Å². The Balaban J connectivity index is 4.25. The Morgan fingerprint density at radius 3 is 1.30 bits per heavy atom. The van der Waals surface area contributed by atoms with Crippen LogP contribution in [-0.2, 0) is 27.9 Å². The number of esters is 1. The Morgan fingerprint density at radius 1 is 0.492 bits per heavy atom. The zero-order chi connectivity index (χ0) is 46.2. The van der Waals surface area contributed by atoms with E-state index in [0.29, 0.717) is 24.1 Å². The summed E-state index contributed by atoms with van der Waals surface area (Å²) in [6, 6.07) is 0. The van der Waals surface area contributed by atoms with Crippen molar-refractivity contribution in [2.24, 2.45) is 0 Å². The predicted octanol–water partition coefficient (Wildman–Crippen LogP) is 14.3. The molecular weight excluding hydrogens is 806 g/mol. The van der Waals surface area contributed by atoms with E-state index in [4.69, 9.17) is 18.5 Å². The maximum Gasteiger partial charge on any atom is 0.306 e. The molecule has 0 heterocycles. The third-order valence-corrected chi connectivity index (χ3v) is 10.5. The van der Waals surface area contributed by atoms with Gasteiger partial charge in [-0.2, -0.15) is 0 Å². The van der Waals surface area contributed by atoms with E-state index in [1.807, 2.05) is 21.1 Å². The van der Waals surface area contributed by atoms with Gasteiger partial charge in [0, 0.05) is 13.0 Å². The standard InChI is InChI=1S/C54H90NO7P/c1-6-8-10-12-14-16-18-20-22-23-24-25-26-27-28-29-30-31-32-34-36-38-40-42-44-46-49-59-51-53(52-61-63(57,58)60-50-48-55(3,4)5)62-54(56)47-45-43-41-39-37-35-33-21-19-17-15-13-11-9-7-2/h8-11,14-17,20-22,24-25,27-28,30-31,33,37,39,53H,6-7,12-13,18-19,23,26,29,32,34-36,38,40-52H2,1-5H3/b10-8-,11-9-,16-14-,17-15-,22-20-,25-24-,28-27-,31-30-,33-21-,39-37-. The van der Waals surface area contributed by atoms with Gasteiger partial charge in [0.1, 0.15) is 19.3 Å². The number of unbranched alkanes of at least 4 members (excludes halogenated alkanes) is 9. The first kappa shape index (κ1) is 59.9. The van der Waals surface area contributed by atoms with E-state index in [9.17, 15) is 14.3 Å². The molecule has 358 valence electrons. The zero-order valence-corrected chi connectivity index (χ0v) is 41.4. The molecule has 0 fully saturated rings. The molecule has 0 saturated carbocycles. The fraction of sp³-hybridized carbons (Fsp3) is 0.611. The SMILES string of the molecule is CC/C=C\C/C=C\C/C=C\C/C=C\C/C=C\C/C=C\CCCCCCCCCOCC(COP(=O)([O-])OCC[N+](C)(C)C)OC(=O)CCCC/C=C\C/C=C\C/C=C\C/C=C\CC. The number of ether oxygens (including phenoxy) is 2. The van der Waals surface area contributed by atoms with Gasteiger partial charge in [-0.15, -0.1) is 0 Å². The fourth-order valence-electron chi connectivity index (χ4n) is 5.83. The van der Waals surface area contributed by atoms with Crippen LogP contribution in [0.25, 0.3) is 0 Å². The molecule has 0 aliphatic heterocycles. The average molecular weight is 896 g/mol. The van der Waals surface area contributed by atoms with E-state index in [1.165, 1.54) is 25.7 Å². The summed E-state index contributed by atoms with van der Waals surface area (Å²) >= 11 is 0. The molecule has 8 nitrogen and oxygen atoms in total. The molecule has 0 spiro atoms. The molecule has 0 amide bonds. The van der Waals surface area contributed by atoms with Crippen LogP contribution in [0.1, 0.15) is 155 Å². The van der Waals surface area contributed by atoms with Crippen LogP contribution in [0.4, 0.5) is 0 Å². The van der Waals surface area contributed by atoms with Crippen LogP contribution in [-0.4, -0.2) is 70.7 Å². The molecule has 0 aromatic carbocycles. The molecule has 0 rings (SSSR count). The molecule has 0 aromatic rings. The minimum atomic E-state index is -4.55. The number of hydrogen-bond donors (Lipinski definition) is 0. The number of hydrogen-bond acceptors (Lipinski definition) is 7. The number of carbonyl (C=O) groups is 1. The van der Waals surface area contributed by atoms with Gasteiger partial charge in [-0.25, -0.2) is 0 Å². The molecule has 63 heavy (non-hydrogen) atoms. The molecule has 0 aliphatic carbocycles. The van der Waals surface area contributed by atoms with Gasteiger partial charge in [0.15, 0.2) is 0 Å². The first-order chi connectivity index (χ1) is 30.6. The van der Waals surface area contributed by atoms with Crippen LogP contribution < -0.4 is 4.89 Å². The van der Waals surface area contributed by atoms with Crippen molar-refractivity contribution in [3.05, 3.63) is 122 Å². The molecular formula is C54H90NO7P. The van der Waals surface area contributed by atoms with E-state index in [0.717, 1.165) is 103 Å². The topological polar surface area (TPSA) is 94.1 Å². The Labute approximate surface area is 386 Å². The second kappa shape index (κ2) is 45.5. The highest BCUT2D eigenvalue weighted by atomic mass is 31.2. The quantitative estimate of drug-likeness (QED) is 0.0198. The van der Waals surface area contributed by atoms with Crippen LogP contribution in [0.5, 0.6) is 0 Å². The predicted molar refractivity (Wildman–Crippen MR) is 267 cm³/mol. The summed E-state index contributed by atoms with van der Waals surface area (Å²) in [7, 11) is 1.30. The Hall–Kier alpha value is -3.10. The van der Waals surface area contributed by atoms with E-state index in [1.54, 1.807) is 0 Å². The minimum Gasteiger partial charge on any atom is -0.756 e. The van der Waals surface area contributed by atoms with Crippen molar-refractivity contribution in [3.8, 4) is 0 Å². The number of rotatable bonds is 43. The lowest BCUT2D eigenvalue weighted by Gasteiger charge is -2.28. The number of likely N-dealkylation sites (N-methyl/N-ethyl adjacent to an activating group) is 1. The molecule has 2 unspecified atom stereocenters. The largest absolute Gasteiger partial charge is 0.756 e. The molecule has 0 aromatic heterocycles. The highest BCUT2D eigenvalue weighted by Gasteiger charge is 2.20. The van der Waals surface area contributed by atoms with Gasteiger partial charge < -0.3 is 27.9 Å². The van der Waals surface area contributed by atoms with Crippen LogP contribution >= 0.6 is 7.82 Å². The maximum absolute atomic E-state index is 12.7. The van der Waals surface area contributed by atoms with Gasteiger partial charge in [0.2, 0.25) is 0 Å². The lowest BCUT2D eigenvalue weighted by Crippen LogP contribution is -2.37. The smallest absolute Gasteiger partial charge is 0.306 e. The van der Waals surface area contributed by atoms with Crippen molar-refractivity contribution in [2.75, 3.05) is 54.1 Å². The van der Waals surface area contributed by atoms with Crippen molar-refractivity contribution >= 4 is 13.8 Å². The number of phosphoric ester groups is 1. The Bertz CT molecular complexity index is 1410. The summed E-state index contributed by atoms with van der Waals surface area (Å²) < 4.78 is 34.6. The Kier molecular flexibility index (Phi) is 43.2. The molecule has 0 radical (unpaired) electrons. The molecule has 2 atom stereocenters. The number of allylic oxidation sites excluding steroid dienone is 20. The molecule has 0 saturated heterocycles. The van der Waals surface area contributed by atoms with Crippen molar-refractivity contribution in [1.82, 2.24) is 0 Å². The lowest BCUT2D eigenvalue weighted by molar-refractivity contribution is -0.870. The summed E-state index contributed by atoms with van der Waals surface area (Å²) in [4.78, 5) is 25.1. The third kappa shape index (κ3) is 49.8. The number of nitrogens with zero attached hydrogens (tertiary/aromatic N) is 1. The fourth-order valence-corrected chi connectivity index (χ4v) is 6.56. The van der Waals surface area contributed by atoms with Crippen LogP contribution in [0, 0.1) is 0 Å². The van der Waals surface area contributed by atoms with E-state index in [-0.39, 0.29) is 32.2 Å². The number of carbonyl (C=O) groups excluding carboxylic acids is 1. The zero-order valence-electron chi connectivity index (χ0n) is 40.5. The monoisotopic (exact) mass is 896 g/mol. The summed E-state index contributed by atoms with van der Waals surface area (Å²) in [5, 5.41) is 0. The summed E-state index contributed by atoms with van der Waals surface area (Å²) in [6.45, 7) is 5.06. The number of phosphoric acid groups is 1. The average Bonchev–Trinajstić information content (AvgIpc) is 3.24. The lowest BCUT2D eigenvalue weighted by atomic mass is 10.1. The van der Waals surface area contributed by atoms with Gasteiger partial charge >= 0.3 is 5.97 Å². The van der Waals surface area contributed by atoms with Crippen LogP contribution in [0.3, 0.4) is 0 Å². The van der Waals surface area contributed by atoms with Gasteiger partial charge in [0.25, 0.3) is 7.82 Å². The summed E-state index contributed by atoms with van der Waals surface area (Å²) in [6.07, 6.45) is 65.1. The second-order valence-corrected chi connectivity index (χ2v) is 18.1. The van der Waals surface area contributed by atoms with Crippen molar-refractivity contribution in [1.29, 1.82) is 0 Å². The van der Waals surface area contributed by atoms with Gasteiger partial charge in [0.05, 0.1) is 34.4 Å². The maximum atomic E-state index is 12.7. The van der Waals surface area contributed by atoms with Crippen LogP contribution in [0.2, 0.25) is 0 Å². The first-order valence-electron chi connectivity index (χ1n) is 24.3. The molecule has 0 aliphatic rings. The van der Waals surface area contributed by atoms with Crippen LogP contribution in [0.15, 0.2) is 122 Å². The first-order valence-corrected chi connectivity index (χ1v) is 25.7. The highest BCUT2D eigenvalue weighted by Crippen LogP contribution is 2.38. The van der Waals surface area contributed by atoms with E-state index < -0.39 is 13.9 Å². The minimum absolute atomic E-state index is 0.00792.